The molecule has 1 atom stereocenters. The molecule has 2 rings (SSSR count). The molecule has 0 spiro atoms. The quantitative estimate of drug-likeness (QED) is 0.655. The van der Waals surface area contributed by atoms with Crippen LogP contribution in [-0.4, -0.2) is 0 Å². The molecule has 2 nitrogen and oxygen atoms in total. The zero-order valence-corrected chi connectivity index (χ0v) is 13.2. The average molecular weight is 337 g/mol. The maximum atomic E-state index is 13.4. The Morgan fingerprint density at radius 2 is 1.95 bits per heavy atom. The minimum absolute atomic E-state index is 0.0383. The van der Waals surface area contributed by atoms with Gasteiger partial charge in [-0.2, -0.15) is 0 Å². The fourth-order valence-corrected chi connectivity index (χ4v) is 2.87. The molecule has 0 amide bonds. The number of rotatable bonds is 4. The van der Waals surface area contributed by atoms with E-state index < -0.39 is 0 Å². The zero-order valence-electron chi connectivity index (χ0n) is 11.6. The lowest BCUT2D eigenvalue weighted by Crippen LogP contribution is -2.30. The number of benzene rings is 2. The molecule has 0 aliphatic heterocycles. The van der Waals surface area contributed by atoms with Gasteiger partial charge in [-0.05, 0) is 55.2 Å². The molecule has 0 saturated carbocycles. The summed E-state index contributed by atoms with van der Waals surface area (Å²) in [5.41, 5.74) is 7.25. The van der Waals surface area contributed by atoms with Crippen molar-refractivity contribution in [2.24, 2.45) is 5.84 Å². The fraction of sp³-hybridized carbons (Fsp3) is 0.250. The number of nitrogens with one attached hydrogen (secondary N) is 1. The number of hydrazine groups is 1. The van der Waals surface area contributed by atoms with Gasteiger partial charge in [0.2, 0.25) is 0 Å². The third kappa shape index (κ3) is 3.66. The van der Waals surface area contributed by atoms with Crippen LogP contribution in [0.2, 0.25) is 0 Å². The monoisotopic (exact) mass is 336 g/mol. The van der Waals surface area contributed by atoms with Crippen molar-refractivity contribution in [3.8, 4) is 0 Å². The lowest BCUT2D eigenvalue weighted by Gasteiger charge is -2.19. The summed E-state index contributed by atoms with van der Waals surface area (Å²) in [7, 11) is 0. The minimum atomic E-state index is -0.244. The third-order valence-corrected chi connectivity index (χ3v) is 3.83. The van der Waals surface area contributed by atoms with Crippen molar-refractivity contribution >= 4 is 15.9 Å². The Balaban J connectivity index is 2.31. The first-order chi connectivity index (χ1) is 9.49. The van der Waals surface area contributed by atoms with Crippen LogP contribution in [0.3, 0.4) is 0 Å². The third-order valence-electron chi connectivity index (χ3n) is 3.37. The van der Waals surface area contributed by atoms with Crippen molar-refractivity contribution in [2.45, 2.75) is 26.3 Å². The summed E-state index contributed by atoms with van der Waals surface area (Å²) >= 11 is 3.32. The van der Waals surface area contributed by atoms with Crippen LogP contribution >= 0.6 is 15.9 Å². The molecular weight excluding hydrogens is 319 g/mol. The largest absolute Gasteiger partial charge is 0.271 e. The Labute approximate surface area is 127 Å². The molecule has 106 valence electrons. The summed E-state index contributed by atoms with van der Waals surface area (Å²) in [6, 6.07) is 11.1. The molecule has 2 aromatic carbocycles. The Kier molecular flexibility index (Phi) is 4.91. The molecule has 0 heterocycles. The number of aryl methyl sites for hydroxylation is 2. The van der Waals surface area contributed by atoms with Crippen molar-refractivity contribution in [2.75, 3.05) is 0 Å². The van der Waals surface area contributed by atoms with Crippen LogP contribution in [0.25, 0.3) is 0 Å². The lowest BCUT2D eigenvalue weighted by atomic mass is 9.94. The standard InChI is InChI=1S/C16H18BrFN2/c1-10-3-4-11(2)15(5-10)16(20-19)8-12-6-13(17)9-14(18)7-12/h3-7,9,16,20H,8,19H2,1-2H3. The summed E-state index contributed by atoms with van der Waals surface area (Å²) in [6.07, 6.45) is 0.636. The highest BCUT2D eigenvalue weighted by Gasteiger charge is 2.14. The van der Waals surface area contributed by atoms with E-state index in [2.05, 4.69) is 53.4 Å². The number of nitrogens with two attached hydrogens (primary N) is 1. The molecule has 0 radical (unpaired) electrons. The molecular formula is C16H18BrFN2. The van der Waals surface area contributed by atoms with Gasteiger partial charge in [-0.3, -0.25) is 11.3 Å². The Morgan fingerprint density at radius 1 is 1.20 bits per heavy atom. The lowest BCUT2D eigenvalue weighted by molar-refractivity contribution is 0.545. The highest BCUT2D eigenvalue weighted by atomic mass is 79.9. The summed E-state index contributed by atoms with van der Waals surface area (Å²) in [4.78, 5) is 0. The molecule has 0 saturated heterocycles. The summed E-state index contributed by atoms with van der Waals surface area (Å²) in [6.45, 7) is 4.11. The SMILES string of the molecule is Cc1ccc(C)c(C(Cc2cc(F)cc(Br)c2)NN)c1. The van der Waals surface area contributed by atoms with Gasteiger partial charge < -0.3 is 0 Å². The van der Waals surface area contributed by atoms with Crippen molar-refractivity contribution in [3.63, 3.8) is 0 Å². The second-order valence-electron chi connectivity index (χ2n) is 5.06. The first-order valence-electron chi connectivity index (χ1n) is 6.48. The van der Waals surface area contributed by atoms with Crippen LogP contribution in [0.1, 0.15) is 28.3 Å². The Hall–Kier alpha value is -1.23. The maximum Gasteiger partial charge on any atom is 0.124 e. The van der Waals surface area contributed by atoms with Gasteiger partial charge in [-0.15, -0.1) is 0 Å². The highest BCUT2D eigenvalue weighted by Crippen LogP contribution is 2.24. The second-order valence-corrected chi connectivity index (χ2v) is 5.98. The van der Waals surface area contributed by atoms with Gasteiger partial charge in [-0.25, -0.2) is 4.39 Å². The topological polar surface area (TPSA) is 38.0 Å². The van der Waals surface area contributed by atoms with E-state index >= 15 is 0 Å². The van der Waals surface area contributed by atoms with Crippen LogP contribution < -0.4 is 11.3 Å². The van der Waals surface area contributed by atoms with Crippen LogP contribution in [0, 0.1) is 19.7 Å². The molecule has 0 aliphatic rings. The smallest absolute Gasteiger partial charge is 0.124 e. The van der Waals surface area contributed by atoms with Crippen LogP contribution in [0.5, 0.6) is 0 Å². The van der Waals surface area contributed by atoms with E-state index in [-0.39, 0.29) is 11.9 Å². The minimum Gasteiger partial charge on any atom is -0.271 e. The van der Waals surface area contributed by atoms with E-state index in [1.54, 1.807) is 6.07 Å². The van der Waals surface area contributed by atoms with Gasteiger partial charge in [0.25, 0.3) is 0 Å². The van der Waals surface area contributed by atoms with Gasteiger partial charge in [0.15, 0.2) is 0 Å². The molecule has 1 unspecified atom stereocenters. The molecule has 0 fully saturated rings. The normalized spacial score (nSPS) is 12.4. The van der Waals surface area contributed by atoms with E-state index in [1.807, 2.05) is 6.07 Å². The molecule has 0 aromatic heterocycles. The van der Waals surface area contributed by atoms with E-state index in [1.165, 1.54) is 17.2 Å². The second kappa shape index (κ2) is 6.48. The van der Waals surface area contributed by atoms with Gasteiger partial charge >= 0.3 is 0 Å². The van der Waals surface area contributed by atoms with Crippen LogP contribution in [0.15, 0.2) is 40.9 Å². The van der Waals surface area contributed by atoms with Crippen molar-refractivity contribution in [3.05, 3.63) is 68.9 Å². The van der Waals surface area contributed by atoms with E-state index in [0.29, 0.717) is 6.42 Å². The number of hydrogen-bond acceptors (Lipinski definition) is 2. The predicted octanol–water partition coefficient (Wildman–Crippen LogP) is 3.95. The van der Waals surface area contributed by atoms with E-state index in [0.717, 1.165) is 15.6 Å². The molecule has 3 N–H and O–H groups in total. The molecule has 2 aromatic rings. The Morgan fingerprint density at radius 3 is 2.60 bits per heavy atom. The van der Waals surface area contributed by atoms with Gasteiger partial charge in [-0.1, -0.05) is 39.7 Å². The van der Waals surface area contributed by atoms with Gasteiger partial charge in [0.05, 0.1) is 6.04 Å². The summed E-state index contributed by atoms with van der Waals surface area (Å²) < 4.78 is 14.2. The molecule has 0 aliphatic carbocycles. The molecule has 20 heavy (non-hydrogen) atoms. The van der Waals surface area contributed by atoms with Crippen molar-refractivity contribution in [1.29, 1.82) is 0 Å². The van der Waals surface area contributed by atoms with E-state index in [4.69, 9.17) is 5.84 Å². The van der Waals surface area contributed by atoms with Gasteiger partial charge in [0.1, 0.15) is 5.82 Å². The average Bonchev–Trinajstić information content (AvgIpc) is 2.38. The molecule has 0 bridgehead atoms. The first kappa shape index (κ1) is 15.2. The van der Waals surface area contributed by atoms with Crippen molar-refractivity contribution in [1.82, 2.24) is 5.43 Å². The van der Waals surface area contributed by atoms with Crippen LogP contribution in [0.4, 0.5) is 4.39 Å². The fourth-order valence-electron chi connectivity index (χ4n) is 2.36. The highest BCUT2D eigenvalue weighted by molar-refractivity contribution is 9.10. The van der Waals surface area contributed by atoms with Crippen LogP contribution in [-0.2, 0) is 6.42 Å². The summed E-state index contributed by atoms with van der Waals surface area (Å²) in [5.74, 6) is 5.45. The number of halogens is 2. The van der Waals surface area contributed by atoms with E-state index in [9.17, 15) is 4.39 Å². The predicted molar refractivity (Wildman–Crippen MR) is 83.8 cm³/mol. The summed E-state index contributed by atoms with van der Waals surface area (Å²) in [5, 5.41) is 0. The van der Waals surface area contributed by atoms with Crippen molar-refractivity contribution < 1.29 is 4.39 Å². The molecule has 4 heteroatoms. The van der Waals surface area contributed by atoms with Gasteiger partial charge in [0, 0.05) is 4.47 Å². The first-order valence-corrected chi connectivity index (χ1v) is 7.27. The maximum absolute atomic E-state index is 13.4. The Bertz CT molecular complexity index is 593. The number of hydrogen-bond donors (Lipinski definition) is 2. The zero-order chi connectivity index (χ0) is 14.7.